The minimum absolute atomic E-state index is 0.350. The maximum Gasteiger partial charge on any atom is 0.0776 e. The van der Waals surface area contributed by atoms with Crippen LogP contribution in [0.25, 0.3) is 0 Å². The van der Waals surface area contributed by atoms with E-state index in [2.05, 4.69) is 34.8 Å². The molecule has 1 atom stereocenters. The highest BCUT2D eigenvalue weighted by Gasteiger charge is 2.21. The number of aromatic nitrogens is 2. The summed E-state index contributed by atoms with van der Waals surface area (Å²) in [5.41, 5.74) is 2.63. The Hall–Kier alpha value is -0.740. The number of nitrogens with one attached hydrogen (secondary N) is 1. The van der Waals surface area contributed by atoms with Gasteiger partial charge in [-0.05, 0) is 57.1 Å². The summed E-state index contributed by atoms with van der Waals surface area (Å²) in [7, 11) is 0. The van der Waals surface area contributed by atoms with Crippen molar-refractivity contribution in [3.63, 3.8) is 0 Å². The van der Waals surface area contributed by atoms with Crippen LogP contribution in [0.5, 0.6) is 0 Å². The molecule has 0 saturated carbocycles. The van der Waals surface area contributed by atoms with Gasteiger partial charge in [-0.2, -0.15) is 0 Å². The van der Waals surface area contributed by atoms with Gasteiger partial charge in [0, 0.05) is 0 Å². The Morgan fingerprint density at radius 3 is 3.00 bits per heavy atom. The van der Waals surface area contributed by atoms with E-state index in [9.17, 15) is 0 Å². The van der Waals surface area contributed by atoms with Crippen molar-refractivity contribution in [3.05, 3.63) is 22.2 Å². The van der Waals surface area contributed by atoms with Crippen molar-refractivity contribution in [1.82, 2.24) is 14.9 Å². The van der Waals surface area contributed by atoms with E-state index in [1.54, 1.807) is 17.1 Å². The third kappa shape index (κ3) is 3.39. The molecule has 18 heavy (non-hydrogen) atoms. The van der Waals surface area contributed by atoms with Crippen molar-refractivity contribution in [3.8, 4) is 0 Å². The van der Waals surface area contributed by atoms with Gasteiger partial charge >= 0.3 is 0 Å². The summed E-state index contributed by atoms with van der Waals surface area (Å²) >= 11 is 1.54. The minimum Gasteiger partial charge on any atom is -0.306 e. The zero-order valence-corrected chi connectivity index (χ0v) is 12.2. The summed E-state index contributed by atoms with van der Waals surface area (Å²) in [5, 5.41) is 7.84. The van der Waals surface area contributed by atoms with Crippen LogP contribution in [0.2, 0.25) is 0 Å². The average molecular weight is 265 g/mol. The molecular formula is C14H23N3S. The zero-order chi connectivity index (χ0) is 12.8. The zero-order valence-electron chi connectivity index (χ0n) is 11.4. The molecule has 0 spiro atoms. The predicted molar refractivity (Wildman–Crippen MR) is 76.8 cm³/mol. The molecule has 1 aromatic rings. The van der Waals surface area contributed by atoms with Gasteiger partial charge < -0.3 is 5.32 Å². The lowest BCUT2D eigenvalue weighted by Crippen LogP contribution is -2.24. The van der Waals surface area contributed by atoms with Crippen LogP contribution in [0.1, 0.15) is 62.1 Å². The first-order valence-electron chi connectivity index (χ1n) is 7.04. The van der Waals surface area contributed by atoms with Gasteiger partial charge in [0.25, 0.3) is 0 Å². The van der Waals surface area contributed by atoms with Gasteiger partial charge in [0.2, 0.25) is 0 Å². The molecule has 0 bridgehead atoms. The fourth-order valence-corrected chi connectivity index (χ4v) is 3.25. The van der Waals surface area contributed by atoms with E-state index < -0.39 is 0 Å². The van der Waals surface area contributed by atoms with Crippen LogP contribution in [0.4, 0.5) is 0 Å². The molecule has 2 rings (SSSR count). The van der Waals surface area contributed by atoms with E-state index in [1.807, 2.05) is 0 Å². The van der Waals surface area contributed by atoms with Crippen molar-refractivity contribution in [2.24, 2.45) is 0 Å². The molecule has 0 aliphatic heterocycles. The quantitative estimate of drug-likeness (QED) is 0.823. The smallest absolute Gasteiger partial charge is 0.0776 e. The second-order valence-electron chi connectivity index (χ2n) is 4.99. The molecule has 0 fully saturated rings. The molecule has 100 valence electrons. The highest BCUT2D eigenvalue weighted by molar-refractivity contribution is 7.05. The number of rotatable bonds is 5. The third-order valence-corrected chi connectivity index (χ3v) is 4.39. The Bertz CT molecular complexity index is 397. The topological polar surface area (TPSA) is 37.8 Å². The maximum absolute atomic E-state index is 4.17. The lowest BCUT2D eigenvalue weighted by atomic mass is 9.99. The molecular weight excluding hydrogens is 242 g/mol. The molecule has 0 radical (unpaired) electrons. The molecule has 0 amide bonds. The van der Waals surface area contributed by atoms with Crippen LogP contribution in [-0.2, 0) is 0 Å². The van der Waals surface area contributed by atoms with Gasteiger partial charge in [-0.3, -0.25) is 0 Å². The van der Waals surface area contributed by atoms with E-state index in [-0.39, 0.29) is 0 Å². The standard InChI is InChI=1S/C14H23N3S/c1-3-10-15-13(14-11(2)16-17-18-14)12-8-6-4-5-7-9-12/h8,13,15H,3-7,9-10H2,1-2H3. The first-order valence-corrected chi connectivity index (χ1v) is 7.81. The summed E-state index contributed by atoms with van der Waals surface area (Å²) in [5.74, 6) is 0. The Kier molecular flexibility index (Phi) is 5.32. The molecule has 1 aliphatic rings. The van der Waals surface area contributed by atoms with E-state index in [0.29, 0.717) is 6.04 Å². The first-order chi connectivity index (χ1) is 8.83. The summed E-state index contributed by atoms with van der Waals surface area (Å²) in [6.07, 6.45) is 10.1. The molecule has 3 nitrogen and oxygen atoms in total. The molecule has 0 saturated heterocycles. The van der Waals surface area contributed by atoms with Gasteiger partial charge in [-0.25, -0.2) is 0 Å². The van der Waals surface area contributed by atoms with Crippen molar-refractivity contribution in [1.29, 1.82) is 0 Å². The van der Waals surface area contributed by atoms with Crippen LogP contribution in [0, 0.1) is 6.92 Å². The number of allylic oxidation sites excluding steroid dienone is 1. The second-order valence-corrected chi connectivity index (χ2v) is 5.77. The van der Waals surface area contributed by atoms with Crippen LogP contribution in [0.15, 0.2) is 11.6 Å². The fraction of sp³-hybridized carbons (Fsp3) is 0.714. The van der Waals surface area contributed by atoms with Gasteiger partial charge in [-0.15, -0.1) is 5.10 Å². The second kappa shape index (κ2) is 7.00. The van der Waals surface area contributed by atoms with Crippen LogP contribution in [0.3, 0.4) is 0 Å². The van der Waals surface area contributed by atoms with Crippen LogP contribution >= 0.6 is 11.5 Å². The lowest BCUT2D eigenvalue weighted by molar-refractivity contribution is 0.571. The summed E-state index contributed by atoms with van der Waals surface area (Å²) in [4.78, 5) is 1.30. The number of hydrogen-bond acceptors (Lipinski definition) is 4. The molecule has 1 aromatic heterocycles. The predicted octanol–water partition coefficient (Wildman–Crippen LogP) is 3.78. The Morgan fingerprint density at radius 2 is 2.28 bits per heavy atom. The van der Waals surface area contributed by atoms with Gasteiger partial charge in [0.15, 0.2) is 0 Å². The first kappa shape index (κ1) is 13.7. The molecule has 4 heteroatoms. The Labute approximate surface area is 114 Å². The summed E-state index contributed by atoms with van der Waals surface area (Å²) in [6.45, 7) is 5.33. The van der Waals surface area contributed by atoms with Crippen LogP contribution in [-0.4, -0.2) is 16.1 Å². The van der Waals surface area contributed by atoms with Gasteiger partial charge in [0.1, 0.15) is 0 Å². The molecule has 1 N–H and O–H groups in total. The van der Waals surface area contributed by atoms with E-state index in [1.165, 1.54) is 37.0 Å². The van der Waals surface area contributed by atoms with Crippen molar-refractivity contribution in [2.75, 3.05) is 6.54 Å². The molecule has 0 aromatic carbocycles. The van der Waals surface area contributed by atoms with Crippen molar-refractivity contribution < 1.29 is 0 Å². The molecule has 1 unspecified atom stereocenters. The Balaban J connectivity index is 2.18. The Morgan fingerprint density at radius 1 is 1.39 bits per heavy atom. The van der Waals surface area contributed by atoms with E-state index >= 15 is 0 Å². The summed E-state index contributed by atoms with van der Waals surface area (Å²) < 4.78 is 4.09. The minimum atomic E-state index is 0.350. The SMILES string of the molecule is CCCNC(C1=CCCCCC1)c1snnc1C. The molecule has 1 heterocycles. The van der Waals surface area contributed by atoms with Crippen molar-refractivity contribution >= 4 is 11.5 Å². The molecule has 1 aliphatic carbocycles. The monoisotopic (exact) mass is 265 g/mol. The lowest BCUT2D eigenvalue weighted by Gasteiger charge is -2.20. The van der Waals surface area contributed by atoms with Crippen LogP contribution < -0.4 is 5.32 Å². The summed E-state index contributed by atoms with van der Waals surface area (Å²) in [6, 6.07) is 0.350. The third-order valence-electron chi connectivity index (χ3n) is 3.49. The van der Waals surface area contributed by atoms with Gasteiger partial charge in [-0.1, -0.05) is 29.5 Å². The fourth-order valence-electron chi connectivity index (χ4n) is 2.49. The maximum atomic E-state index is 4.17. The normalized spacial score (nSPS) is 18.2. The van der Waals surface area contributed by atoms with E-state index in [4.69, 9.17) is 0 Å². The highest BCUT2D eigenvalue weighted by Crippen LogP contribution is 2.32. The largest absolute Gasteiger partial charge is 0.306 e. The average Bonchev–Trinajstić information content (AvgIpc) is 2.65. The number of nitrogens with zero attached hydrogens (tertiary/aromatic N) is 2. The van der Waals surface area contributed by atoms with E-state index in [0.717, 1.165) is 18.7 Å². The van der Waals surface area contributed by atoms with Crippen molar-refractivity contribution in [2.45, 2.75) is 58.4 Å². The highest BCUT2D eigenvalue weighted by atomic mass is 32.1. The number of hydrogen-bond donors (Lipinski definition) is 1. The van der Waals surface area contributed by atoms with Gasteiger partial charge in [0.05, 0.1) is 16.6 Å². The number of aryl methyl sites for hydroxylation is 1.